The fraction of sp³-hybridized carbons (Fsp3) is 0.167. The van der Waals surface area contributed by atoms with Crippen LogP contribution >= 0.6 is 11.3 Å². The number of fused-ring (bicyclic) bond motifs is 1. The number of hydrogen-bond donors (Lipinski definition) is 1. The van der Waals surface area contributed by atoms with Gasteiger partial charge in [0.25, 0.3) is 0 Å². The molecule has 124 valence electrons. The van der Waals surface area contributed by atoms with Gasteiger partial charge in [-0.15, -0.1) is 0 Å². The summed E-state index contributed by atoms with van der Waals surface area (Å²) >= 11 is 1.47. The Bertz CT molecular complexity index is 1030. The minimum absolute atomic E-state index is 0.0918. The fourth-order valence-electron chi connectivity index (χ4n) is 2.90. The van der Waals surface area contributed by atoms with Crippen LogP contribution in [0.1, 0.15) is 18.5 Å². The van der Waals surface area contributed by atoms with Crippen molar-refractivity contribution < 1.29 is 13.7 Å². The van der Waals surface area contributed by atoms with Gasteiger partial charge in [0.2, 0.25) is 11.7 Å². The van der Waals surface area contributed by atoms with E-state index >= 15 is 0 Å². The third-order valence-electron chi connectivity index (χ3n) is 4.46. The van der Waals surface area contributed by atoms with Crippen LogP contribution in [0.5, 0.6) is 0 Å². The first-order valence-corrected chi connectivity index (χ1v) is 8.74. The Labute approximate surface area is 146 Å². The van der Waals surface area contributed by atoms with E-state index in [1.54, 1.807) is 24.5 Å². The van der Waals surface area contributed by atoms with Crippen LogP contribution in [0.3, 0.4) is 0 Å². The highest BCUT2D eigenvalue weighted by molar-refractivity contribution is 7.22. The van der Waals surface area contributed by atoms with E-state index in [9.17, 15) is 4.79 Å². The molecule has 1 N–H and O–H groups in total. The summed E-state index contributed by atoms with van der Waals surface area (Å²) in [5, 5.41) is 7.64. The number of nitrogens with zero attached hydrogens (tertiary/aromatic N) is 2. The molecule has 1 aromatic carbocycles. The summed E-state index contributed by atoms with van der Waals surface area (Å²) in [7, 11) is 0. The van der Waals surface area contributed by atoms with Crippen LogP contribution in [0.25, 0.3) is 21.7 Å². The average molecular weight is 351 g/mol. The molecular formula is C18H13N3O3S. The van der Waals surface area contributed by atoms with Crippen molar-refractivity contribution in [3.63, 3.8) is 0 Å². The number of anilines is 1. The first-order chi connectivity index (χ1) is 12.2. The van der Waals surface area contributed by atoms with Gasteiger partial charge in [-0.2, -0.15) is 0 Å². The number of para-hydroxylation sites is 1. The molecule has 0 saturated heterocycles. The van der Waals surface area contributed by atoms with E-state index in [1.165, 1.54) is 11.3 Å². The number of amides is 1. The minimum Gasteiger partial charge on any atom is -0.461 e. The third kappa shape index (κ3) is 2.35. The van der Waals surface area contributed by atoms with Crippen LogP contribution in [-0.2, 0) is 10.2 Å². The Balaban J connectivity index is 1.41. The molecule has 0 spiro atoms. The van der Waals surface area contributed by atoms with Gasteiger partial charge in [-0.1, -0.05) is 28.6 Å². The molecule has 5 rings (SSSR count). The van der Waals surface area contributed by atoms with Gasteiger partial charge in [-0.05, 0) is 37.1 Å². The van der Waals surface area contributed by atoms with Gasteiger partial charge in [0.15, 0.2) is 10.9 Å². The molecule has 1 amide bonds. The summed E-state index contributed by atoms with van der Waals surface area (Å²) in [5.74, 6) is 1.03. The van der Waals surface area contributed by atoms with Crippen molar-refractivity contribution in [2.45, 2.75) is 18.3 Å². The molecule has 3 heterocycles. The normalized spacial score (nSPS) is 15.4. The summed E-state index contributed by atoms with van der Waals surface area (Å²) in [5.41, 5.74) is 0.887. The molecule has 0 unspecified atom stereocenters. The number of furan rings is 1. The van der Waals surface area contributed by atoms with Crippen molar-refractivity contribution in [3.8, 4) is 11.5 Å². The van der Waals surface area contributed by atoms with Crippen LogP contribution in [0, 0.1) is 0 Å². The summed E-state index contributed by atoms with van der Waals surface area (Å²) in [6.45, 7) is 0. The quantitative estimate of drug-likeness (QED) is 0.595. The molecule has 3 aromatic heterocycles. The highest BCUT2D eigenvalue weighted by Gasteiger charge is 2.54. The number of rotatable bonds is 4. The predicted molar refractivity (Wildman–Crippen MR) is 93.4 cm³/mol. The van der Waals surface area contributed by atoms with Crippen molar-refractivity contribution in [2.24, 2.45) is 0 Å². The lowest BCUT2D eigenvalue weighted by molar-refractivity contribution is -0.118. The lowest BCUT2D eigenvalue weighted by Gasteiger charge is -2.10. The zero-order valence-electron chi connectivity index (χ0n) is 13.1. The molecule has 1 fully saturated rings. The molecule has 1 aliphatic rings. The Morgan fingerprint density at radius 2 is 2.04 bits per heavy atom. The third-order valence-corrected chi connectivity index (χ3v) is 5.42. The Morgan fingerprint density at radius 1 is 1.16 bits per heavy atom. The number of aromatic nitrogens is 2. The lowest BCUT2D eigenvalue weighted by atomic mass is 10.0. The molecule has 0 atom stereocenters. The molecule has 0 aliphatic heterocycles. The Hall–Kier alpha value is -2.93. The maximum atomic E-state index is 12.8. The molecule has 1 saturated carbocycles. The Kier molecular flexibility index (Phi) is 3.05. The van der Waals surface area contributed by atoms with E-state index in [4.69, 9.17) is 8.94 Å². The monoisotopic (exact) mass is 351 g/mol. The molecule has 4 aromatic rings. The van der Waals surface area contributed by atoms with Crippen molar-refractivity contribution in [3.05, 3.63) is 54.4 Å². The summed E-state index contributed by atoms with van der Waals surface area (Å²) in [6.07, 6.45) is 3.06. The number of carbonyl (C=O) groups is 1. The molecule has 1 aliphatic carbocycles. The van der Waals surface area contributed by atoms with Crippen LogP contribution in [0.4, 0.5) is 5.13 Å². The van der Waals surface area contributed by atoms with Gasteiger partial charge in [-0.3, -0.25) is 4.79 Å². The average Bonchev–Trinajstić information content (AvgIpc) is 3.03. The van der Waals surface area contributed by atoms with Crippen LogP contribution in [0.2, 0.25) is 0 Å². The second-order valence-corrected chi connectivity index (χ2v) is 7.11. The molecule has 0 radical (unpaired) electrons. The van der Waals surface area contributed by atoms with Gasteiger partial charge in [-0.25, -0.2) is 4.98 Å². The number of carbonyl (C=O) groups excluding carboxylic acids is 1. The van der Waals surface area contributed by atoms with Gasteiger partial charge in [0.05, 0.1) is 27.6 Å². The number of benzene rings is 1. The lowest BCUT2D eigenvalue weighted by Crippen LogP contribution is -2.28. The molecular weight excluding hydrogens is 338 g/mol. The van der Waals surface area contributed by atoms with E-state index < -0.39 is 5.41 Å². The number of thiazole rings is 1. The van der Waals surface area contributed by atoms with E-state index in [0.29, 0.717) is 22.3 Å². The first kappa shape index (κ1) is 14.4. The van der Waals surface area contributed by atoms with E-state index in [-0.39, 0.29) is 5.91 Å². The Morgan fingerprint density at radius 3 is 2.80 bits per heavy atom. The predicted octanol–water partition coefficient (Wildman–Crippen LogP) is 4.21. The van der Waals surface area contributed by atoms with Gasteiger partial charge in [0, 0.05) is 6.07 Å². The molecule has 6 nitrogen and oxygen atoms in total. The molecule has 0 bridgehead atoms. The van der Waals surface area contributed by atoms with E-state index in [2.05, 4.69) is 15.5 Å². The topological polar surface area (TPSA) is 81.2 Å². The number of nitrogens with one attached hydrogen (secondary N) is 1. The smallest absolute Gasteiger partial charge is 0.238 e. The van der Waals surface area contributed by atoms with Crippen LogP contribution in [0.15, 0.2) is 57.7 Å². The minimum atomic E-state index is -0.633. The summed E-state index contributed by atoms with van der Waals surface area (Å²) < 4.78 is 11.7. The second kappa shape index (κ2) is 5.29. The second-order valence-electron chi connectivity index (χ2n) is 6.08. The maximum absolute atomic E-state index is 12.8. The highest BCUT2D eigenvalue weighted by atomic mass is 32.1. The largest absolute Gasteiger partial charge is 0.461 e. The van der Waals surface area contributed by atoms with Gasteiger partial charge in [0.1, 0.15) is 0 Å². The number of hydrogen-bond acceptors (Lipinski definition) is 6. The molecule has 7 heteroatoms. The van der Waals surface area contributed by atoms with Crippen LogP contribution in [-0.4, -0.2) is 16.0 Å². The first-order valence-electron chi connectivity index (χ1n) is 7.93. The molecule has 25 heavy (non-hydrogen) atoms. The summed E-state index contributed by atoms with van der Waals surface area (Å²) in [4.78, 5) is 17.3. The SMILES string of the molecule is O=C(Nc1nc2ccccc2s1)C1(c2cc(-c3ccco3)on2)CC1. The zero-order valence-corrected chi connectivity index (χ0v) is 13.9. The van der Waals surface area contributed by atoms with Gasteiger partial charge < -0.3 is 14.3 Å². The standard InChI is InChI=1S/C18H13N3O3S/c22-16(20-17-19-11-4-1-2-6-14(11)25-17)18(7-8-18)15-10-13(24-21-15)12-5-3-9-23-12/h1-6,9-10H,7-8H2,(H,19,20,22). The van der Waals surface area contributed by atoms with Gasteiger partial charge >= 0.3 is 0 Å². The van der Waals surface area contributed by atoms with Crippen molar-refractivity contribution in [2.75, 3.05) is 5.32 Å². The van der Waals surface area contributed by atoms with Crippen molar-refractivity contribution >= 4 is 32.6 Å². The van der Waals surface area contributed by atoms with E-state index in [1.807, 2.05) is 24.3 Å². The maximum Gasteiger partial charge on any atom is 0.238 e. The fourth-order valence-corrected chi connectivity index (χ4v) is 3.76. The van der Waals surface area contributed by atoms with Crippen molar-refractivity contribution in [1.82, 2.24) is 10.1 Å². The van der Waals surface area contributed by atoms with E-state index in [0.717, 1.165) is 23.1 Å². The van der Waals surface area contributed by atoms with Crippen LogP contribution < -0.4 is 5.32 Å². The zero-order chi connectivity index (χ0) is 16.9. The highest BCUT2D eigenvalue weighted by Crippen LogP contribution is 2.49. The summed E-state index contributed by atoms with van der Waals surface area (Å²) in [6, 6.07) is 13.2. The van der Waals surface area contributed by atoms with Crippen molar-refractivity contribution in [1.29, 1.82) is 0 Å².